The molecule has 0 saturated carbocycles. The van der Waals surface area contributed by atoms with Gasteiger partial charge in [-0.15, -0.1) is 0 Å². The fourth-order valence-electron chi connectivity index (χ4n) is 1.11. The number of nitrogens with zero attached hydrogens (tertiary/aromatic N) is 2. The van der Waals surface area contributed by atoms with Crippen LogP contribution in [0.2, 0.25) is 0 Å². The Hall–Kier alpha value is -0.570. The molecule has 10 heavy (non-hydrogen) atoms. The van der Waals surface area contributed by atoms with Crippen molar-refractivity contribution in [3.05, 3.63) is 0 Å². The summed E-state index contributed by atoms with van der Waals surface area (Å²) in [5.74, 6) is 1.19. The summed E-state index contributed by atoms with van der Waals surface area (Å²) < 4.78 is 0. The fraction of sp³-hybridized carbons (Fsp3) is 0.857. The maximum Gasteiger partial charge on any atom is 0.0959 e. The molecule has 0 saturated heterocycles. The van der Waals surface area contributed by atoms with Crippen LogP contribution in [0.15, 0.2) is 4.99 Å². The molecule has 0 aliphatic carbocycles. The topological polar surface area (TPSA) is 27.6 Å². The van der Waals surface area contributed by atoms with Crippen LogP contribution in [0.3, 0.4) is 0 Å². The van der Waals surface area contributed by atoms with Gasteiger partial charge in [-0.1, -0.05) is 0 Å². The molecule has 1 rings (SSSR count). The highest BCUT2D eigenvalue weighted by atomic mass is 15.2. The smallest absolute Gasteiger partial charge is 0.0959 e. The van der Waals surface area contributed by atoms with Gasteiger partial charge in [-0.25, -0.2) is 0 Å². The molecule has 0 spiro atoms. The highest BCUT2D eigenvalue weighted by Gasteiger charge is 2.10. The predicted molar refractivity (Wildman–Crippen MR) is 43.5 cm³/mol. The lowest BCUT2D eigenvalue weighted by atomic mass is 10.5. The van der Waals surface area contributed by atoms with Crippen LogP contribution in [0.4, 0.5) is 0 Å². The highest BCUT2D eigenvalue weighted by Crippen LogP contribution is 1.98. The molecule has 0 fully saturated rings. The van der Waals surface area contributed by atoms with Crippen LogP contribution in [-0.2, 0) is 0 Å². The zero-order valence-corrected chi connectivity index (χ0v) is 6.72. The molecule has 3 nitrogen and oxygen atoms in total. The van der Waals surface area contributed by atoms with Crippen molar-refractivity contribution in [1.82, 2.24) is 10.2 Å². The number of hydrogen-bond donors (Lipinski definition) is 1. The van der Waals surface area contributed by atoms with E-state index < -0.39 is 0 Å². The van der Waals surface area contributed by atoms with Crippen LogP contribution < -0.4 is 5.32 Å². The number of likely N-dealkylation sites (N-methyl/N-ethyl adjacent to an activating group) is 1. The zero-order chi connectivity index (χ0) is 7.40. The third-order valence-electron chi connectivity index (χ3n) is 1.80. The zero-order valence-electron chi connectivity index (χ0n) is 6.72. The second-order valence-corrected chi connectivity index (χ2v) is 2.52. The van der Waals surface area contributed by atoms with E-state index in [0.717, 1.165) is 26.2 Å². The summed E-state index contributed by atoms with van der Waals surface area (Å²) in [6.07, 6.45) is 0. The Balaban J connectivity index is 2.22. The van der Waals surface area contributed by atoms with Crippen LogP contribution in [0.1, 0.15) is 6.92 Å². The largest absolute Gasteiger partial charge is 0.357 e. The first-order valence-corrected chi connectivity index (χ1v) is 3.75. The number of aliphatic imine (C=N–C) groups is 1. The molecule has 0 aromatic rings. The van der Waals surface area contributed by atoms with Crippen molar-refractivity contribution >= 4 is 5.84 Å². The quantitative estimate of drug-likeness (QED) is 0.596. The summed E-state index contributed by atoms with van der Waals surface area (Å²) in [6.45, 7) is 6.30. The number of nitrogens with one attached hydrogen (secondary N) is 1. The highest BCUT2D eigenvalue weighted by molar-refractivity contribution is 5.81. The minimum atomic E-state index is 0.982. The van der Waals surface area contributed by atoms with Crippen LogP contribution in [0, 0.1) is 0 Å². The van der Waals surface area contributed by atoms with Gasteiger partial charge >= 0.3 is 0 Å². The van der Waals surface area contributed by atoms with E-state index in [9.17, 15) is 0 Å². The summed E-state index contributed by atoms with van der Waals surface area (Å²) in [5, 5.41) is 3.12. The number of hydrogen-bond acceptors (Lipinski definition) is 3. The third-order valence-corrected chi connectivity index (χ3v) is 1.80. The molecular weight excluding hydrogens is 126 g/mol. The van der Waals surface area contributed by atoms with Gasteiger partial charge in [0.25, 0.3) is 0 Å². The average Bonchev–Trinajstić information content (AvgIpc) is 2.31. The van der Waals surface area contributed by atoms with E-state index in [4.69, 9.17) is 0 Å². The summed E-state index contributed by atoms with van der Waals surface area (Å²) in [5.41, 5.74) is 0. The van der Waals surface area contributed by atoms with E-state index in [0.29, 0.717) is 0 Å². The van der Waals surface area contributed by atoms with Gasteiger partial charge in [0.15, 0.2) is 0 Å². The number of rotatable bonds is 3. The first-order valence-electron chi connectivity index (χ1n) is 3.75. The summed E-state index contributed by atoms with van der Waals surface area (Å²) in [7, 11) is 1.97. The second kappa shape index (κ2) is 3.56. The molecule has 1 aliphatic rings. The van der Waals surface area contributed by atoms with Gasteiger partial charge in [-0.05, 0) is 14.0 Å². The van der Waals surface area contributed by atoms with Crippen molar-refractivity contribution in [1.29, 1.82) is 0 Å². The van der Waals surface area contributed by atoms with Gasteiger partial charge in [0.1, 0.15) is 0 Å². The fourth-order valence-corrected chi connectivity index (χ4v) is 1.11. The van der Waals surface area contributed by atoms with Crippen molar-refractivity contribution in [2.75, 3.05) is 33.2 Å². The molecule has 1 heterocycles. The molecule has 0 atom stereocenters. The second-order valence-electron chi connectivity index (χ2n) is 2.52. The van der Waals surface area contributed by atoms with E-state index >= 15 is 0 Å². The van der Waals surface area contributed by atoms with Crippen molar-refractivity contribution < 1.29 is 0 Å². The molecule has 1 aliphatic heterocycles. The van der Waals surface area contributed by atoms with Crippen molar-refractivity contribution in [2.24, 2.45) is 4.99 Å². The Kier molecular flexibility index (Phi) is 2.68. The molecule has 0 aromatic heterocycles. The first-order chi connectivity index (χ1) is 4.84. The lowest BCUT2D eigenvalue weighted by molar-refractivity contribution is 0.450. The first kappa shape index (κ1) is 7.54. The minimum absolute atomic E-state index is 0.982. The van der Waals surface area contributed by atoms with Gasteiger partial charge in [0.2, 0.25) is 0 Å². The average molecular weight is 141 g/mol. The molecule has 0 bridgehead atoms. The molecule has 0 unspecified atom stereocenters. The van der Waals surface area contributed by atoms with Crippen molar-refractivity contribution in [3.8, 4) is 0 Å². The Morgan fingerprint density at radius 1 is 1.70 bits per heavy atom. The van der Waals surface area contributed by atoms with E-state index in [1.807, 2.05) is 7.05 Å². The summed E-state index contributed by atoms with van der Waals surface area (Å²) >= 11 is 0. The summed E-state index contributed by atoms with van der Waals surface area (Å²) in [4.78, 5) is 6.59. The lowest BCUT2D eigenvalue weighted by Crippen LogP contribution is -2.32. The molecule has 0 aromatic carbocycles. The minimum Gasteiger partial charge on any atom is -0.357 e. The standard InChI is InChI=1S/C7H15N3/c1-7-9-4-6-10(7)5-3-8-2/h8H,3-6H2,1-2H3. The monoisotopic (exact) mass is 141 g/mol. The molecular formula is C7H15N3. The van der Waals surface area contributed by atoms with E-state index in [-0.39, 0.29) is 0 Å². The van der Waals surface area contributed by atoms with Crippen molar-refractivity contribution in [2.45, 2.75) is 6.92 Å². The van der Waals surface area contributed by atoms with Crippen LogP contribution in [0.25, 0.3) is 0 Å². The number of amidine groups is 1. The van der Waals surface area contributed by atoms with Crippen LogP contribution in [0.5, 0.6) is 0 Å². The van der Waals surface area contributed by atoms with Crippen molar-refractivity contribution in [3.63, 3.8) is 0 Å². The molecule has 3 heteroatoms. The van der Waals surface area contributed by atoms with Gasteiger partial charge in [-0.2, -0.15) is 0 Å². The maximum absolute atomic E-state index is 4.29. The molecule has 1 N–H and O–H groups in total. The third kappa shape index (κ3) is 1.70. The van der Waals surface area contributed by atoms with Gasteiger partial charge in [0, 0.05) is 19.6 Å². The Morgan fingerprint density at radius 2 is 2.50 bits per heavy atom. The Labute approximate surface area is 62.1 Å². The van der Waals surface area contributed by atoms with Crippen LogP contribution >= 0.6 is 0 Å². The molecule has 0 amide bonds. The lowest BCUT2D eigenvalue weighted by Gasteiger charge is -2.16. The van der Waals surface area contributed by atoms with E-state index in [1.165, 1.54) is 5.84 Å². The Morgan fingerprint density at radius 3 is 3.00 bits per heavy atom. The normalized spacial score (nSPS) is 17.8. The van der Waals surface area contributed by atoms with Gasteiger partial charge in [0.05, 0.1) is 12.4 Å². The molecule has 0 radical (unpaired) electrons. The Bertz CT molecular complexity index is 131. The van der Waals surface area contributed by atoms with Crippen LogP contribution in [-0.4, -0.2) is 44.0 Å². The molecule has 58 valence electrons. The van der Waals surface area contributed by atoms with E-state index in [2.05, 4.69) is 22.1 Å². The van der Waals surface area contributed by atoms with Gasteiger partial charge in [-0.3, -0.25) is 4.99 Å². The summed E-state index contributed by atoms with van der Waals surface area (Å²) in [6, 6.07) is 0. The SMILES string of the molecule is CNCCN1CCN=C1C. The van der Waals surface area contributed by atoms with E-state index in [1.54, 1.807) is 0 Å². The predicted octanol–water partition coefficient (Wildman–Crippen LogP) is -0.0602. The maximum atomic E-state index is 4.29. The van der Waals surface area contributed by atoms with Gasteiger partial charge < -0.3 is 10.2 Å².